The fourth-order valence-corrected chi connectivity index (χ4v) is 4.56. The maximum Gasteiger partial charge on any atom is 0.407 e. The number of fused-ring (bicyclic) bond motifs is 3. The largest absolute Gasteiger partial charge is 0.480 e. The van der Waals surface area contributed by atoms with E-state index >= 15 is 0 Å². The molecule has 3 aromatic carbocycles. The Bertz CT molecular complexity index is 1250. The summed E-state index contributed by atoms with van der Waals surface area (Å²) in [7, 11) is 0. The van der Waals surface area contributed by atoms with Crippen LogP contribution in [0.15, 0.2) is 72.8 Å². The van der Waals surface area contributed by atoms with Gasteiger partial charge in [0.25, 0.3) is 0 Å². The third-order valence-electron chi connectivity index (χ3n) is 6.17. The van der Waals surface area contributed by atoms with E-state index in [1.165, 1.54) is 0 Å². The van der Waals surface area contributed by atoms with Gasteiger partial charge in [-0.3, -0.25) is 4.79 Å². The molecule has 2 N–H and O–H groups in total. The minimum Gasteiger partial charge on any atom is -0.480 e. The van der Waals surface area contributed by atoms with Crippen molar-refractivity contribution in [3.05, 3.63) is 95.1 Å². The summed E-state index contributed by atoms with van der Waals surface area (Å²) in [4.78, 5) is 36.4. The van der Waals surface area contributed by atoms with E-state index in [0.717, 1.165) is 27.8 Å². The Balaban J connectivity index is 1.34. The Hall–Kier alpha value is -4.13. The van der Waals surface area contributed by atoms with E-state index in [4.69, 9.17) is 9.47 Å². The number of benzene rings is 3. The molecule has 7 heteroatoms. The Morgan fingerprint density at radius 2 is 1.41 bits per heavy atom. The molecule has 1 aliphatic carbocycles. The number of aliphatic carboxylic acids is 1. The first-order chi connectivity index (χ1) is 17.6. The Morgan fingerprint density at radius 1 is 0.865 bits per heavy atom. The van der Waals surface area contributed by atoms with Gasteiger partial charge in [0.15, 0.2) is 0 Å². The van der Waals surface area contributed by atoms with Crippen molar-refractivity contribution >= 4 is 18.0 Å². The van der Waals surface area contributed by atoms with E-state index in [1.807, 2.05) is 69.3 Å². The number of hydrogen-bond donors (Lipinski definition) is 2. The third-order valence-corrected chi connectivity index (χ3v) is 6.17. The van der Waals surface area contributed by atoms with Crippen LogP contribution in [0.1, 0.15) is 48.9 Å². The lowest BCUT2D eigenvalue weighted by molar-refractivity contribution is -0.154. The number of rotatable bonds is 8. The number of alkyl carbamates (subject to hydrolysis) is 1. The molecule has 0 fully saturated rings. The highest BCUT2D eigenvalue weighted by Gasteiger charge is 2.30. The maximum absolute atomic E-state index is 12.6. The number of carboxylic acid groups (broad SMARTS) is 1. The van der Waals surface area contributed by atoms with Gasteiger partial charge >= 0.3 is 18.0 Å². The highest BCUT2D eigenvalue weighted by Crippen LogP contribution is 2.44. The van der Waals surface area contributed by atoms with Crippen LogP contribution in [0.25, 0.3) is 11.1 Å². The van der Waals surface area contributed by atoms with Crippen LogP contribution in [0.2, 0.25) is 0 Å². The number of nitrogens with one attached hydrogen (secondary N) is 1. The zero-order chi connectivity index (χ0) is 26.6. The molecule has 0 bridgehead atoms. The van der Waals surface area contributed by atoms with Gasteiger partial charge in [-0.05, 0) is 54.2 Å². The topological polar surface area (TPSA) is 102 Å². The number of ether oxygens (including phenoxy) is 2. The molecular weight excluding hydrogens is 470 g/mol. The van der Waals surface area contributed by atoms with Gasteiger partial charge in [-0.15, -0.1) is 0 Å². The summed E-state index contributed by atoms with van der Waals surface area (Å²) in [5.74, 6) is -1.61. The lowest BCUT2D eigenvalue weighted by atomic mass is 9.98. The molecule has 0 radical (unpaired) electrons. The molecule has 7 nitrogen and oxygen atoms in total. The van der Waals surface area contributed by atoms with Crippen LogP contribution < -0.4 is 5.32 Å². The summed E-state index contributed by atoms with van der Waals surface area (Å²) >= 11 is 0. The van der Waals surface area contributed by atoms with Crippen LogP contribution >= 0.6 is 0 Å². The SMILES string of the molecule is CC(C)(C)OC(=O)Cc1ccc(C[C@@H](NC(=O)OCC2c3ccccc3-c3ccccc32)C(=O)O)cc1. The lowest BCUT2D eigenvalue weighted by Gasteiger charge is -2.19. The molecule has 1 amide bonds. The van der Waals surface area contributed by atoms with E-state index in [2.05, 4.69) is 5.32 Å². The predicted molar refractivity (Wildman–Crippen MR) is 139 cm³/mol. The first kappa shape index (κ1) is 25.9. The molecule has 3 aromatic rings. The number of carboxylic acids is 1. The summed E-state index contributed by atoms with van der Waals surface area (Å²) in [6.07, 6.45) is -0.583. The first-order valence-electron chi connectivity index (χ1n) is 12.2. The molecular formula is C30H31NO6. The fourth-order valence-electron chi connectivity index (χ4n) is 4.56. The second-order valence-corrected chi connectivity index (χ2v) is 10.1. The molecule has 0 aromatic heterocycles. The minimum absolute atomic E-state index is 0.0756. The van der Waals surface area contributed by atoms with Crippen molar-refractivity contribution in [2.75, 3.05) is 6.61 Å². The minimum atomic E-state index is -1.16. The average molecular weight is 502 g/mol. The average Bonchev–Trinajstić information content (AvgIpc) is 3.16. The molecule has 1 atom stereocenters. The van der Waals surface area contributed by atoms with Crippen LogP contribution in [0.4, 0.5) is 4.79 Å². The summed E-state index contributed by atoms with van der Waals surface area (Å²) in [5.41, 5.74) is 5.30. The number of carbonyl (C=O) groups is 3. The van der Waals surface area contributed by atoms with Gasteiger partial charge in [-0.1, -0.05) is 72.8 Å². The lowest BCUT2D eigenvalue weighted by Crippen LogP contribution is -2.42. The Labute approximate surface area is 216 Å². The van der Waals surface area contributed by atoms with Crippen LogP contribution in [0, 0.1) is 0 Å². The van der Waals surface area contributed by atoms with Crippen LogP contribution in [-0.4, -0.2) is 41.4 Å². The molecule has 0 spiro atoms. The predicted octanol–water partition coefficient (Wildman–Crippen LogP) is 5.11. The van der Waals surface area contributed by atoms with Crippen molar-refractivity contribution in [2.45, 2.75) is 51.2 Å². The molecule has 0 aliphatic heterocycles. The maximum atomic E-state index is 12.6. The summed E-state index contributed by atoms with van der Waals surface area (Å²) < 4.78 is 10.8. The van der Waals surface area contributed by atoms with E-state index in [-0.39, 0.29) is 31.3 Å². The zero-order valence-electron chi connectivity index (χ0n) is 21.2. The van der Waals surface area contributed by atoms with Crippen molar-refractivity contribution in [3.63, 3.8) is 0 Å². The van der Waals surface area contributed by atoms with Crippen LogP contribution in [0.3, 0.4) is 0 Å². The molecule has 4 rings (SSSR count). The van der Waals surface area contributed by atoms with Crippen LogP contribution in [-0.2, 0) is 31.9 Å². The summed E-state index contributed by atoms with van der Waals surface area (Å²) in [6.45, 7) is 5.53. The van der Waals surface area contributed by atoms with Crippen molar-refractivity contribution in [3.8, 4) is 11.1 Å². The summed E-state index contributed by atoms with van der Waals surface area (Å²) in [5, 5.41) is 12.1. The van der Waals surface area contributed by atoms with Crippen molar-refractivity contribution < 1.29 is 29.0 Å². The molecule has 0 saturated heterocycles. The molecule has 1 aliphatic rings. The highest BCUT2D eigenvalue weighted by atomic mass is 16.6. The van der Waals surface area contributed by atoms with Crippen molar-refractivity contribution in [1.82, 2.24) is 5.32 Å². The number of esters is 1. The second kappa shape index (κ2) is 10.9. The van der Waals surface area contributed by atoms with Crippen LogP contribution in [0.5, 0.6) is 0 Å². The van der Waals surface area contributed by atoms with Gasteiger partial charge < -0.3 is 19.9 Å². The highest BCUT2D eigenvalue weighted by molar-refractivity contribution is 5.81. The monoisotopic (exact) mass is 501 g/mol. The van der Waals surface area contributed by atoms with Gasteiger partial charge in [0.2, 0.25) is 0 Å². The van der Waals surface area contributed by atoms with E-state index in [9.17, 15) is 19.5 Å². The normalized spacial score (nSPS) is 13.3. The molecule has 192 valence electrons. The summed E-state index contributed by atoms with van der Waals surface area (Å²) in [6, 6.07) is 21.9. The Kier molecular flexibility index (Phi) is 7.62. The molecule has 0 heterocycles. The van der Waals surface area contributed by atoms with E-state index in [1.54, 1.807) is 24.3 Å². The van der Waals surface area contributed by atoms with E-state index in [0.29, 0.717) is 5.56 Å². The third kappa shape index (κ3) is 6.55. The van der Waals surface area contributed by atoms with Gasteiger partial charge in [-0.25, -0.2) is 9.59 Å². The standard InChI is InChI=1S/C30H31NO6/c1-30(2,3)37-27(32)17-20-14-12-19(13-15-20)16-26(28(33)34)31-29(35)36-18-25-23-10-6-4-8-21(23)22-9-5-7-11-24(22)25/h4-15,25-26H,16-18H2,1-3H3,(H,31,35)(H,33,34)/t26-/m1/s1. The molecule has 37 heavy (non-hydrogen) atoms. The van der Waals surface area contributed by atoms with Gasteiger partial charge in [0.1, 0.15) is 18.2 Å². The molecule has 0 unspecified atom stereocenters. The number of amides is 1. The van der Waals surface area contributed by atoms with Gasteiger partial charge in [-0.2, -0.15) is 0 Å². The quantitative estimate of drug-likeness (QED) is 0.416. The van der Waals surface area contributed by atoms with Gasteiger partial charge in [0, 0.05) is 12.3 Å². The second-order valence-electron chi connectivity index (χ2n) is 10.1. The van der Waals surface area contributed by atoms with Crippen molar-refractivity contribution in [1.29, 1.82) is 0 Å². The number of carbonyl (C=O) groups excluding carboxylic acids is 2. The number of hydrogen-bond acceptors (Lipinski definition) is 5. The van der Waals surface area contributed by atoms with Crippen molar-refractivity contribution in [2.24, 2.45) is 0 Å². The fraction of sp³-hybridized carbons (Fsp3) is 0.300. The zero-order valence-corrected chi connectivity index (χ0v) is 21.2. The van der Waals surface area contributed by atoms with Gasteiger partial charge in [0.05, 0.1) is 6.42 Å². The Morgan fingerprint density at radius 3 is 1.95 bits per heavy atom. The van der Waals surface area contributed by atoms with E-state index < -0.39 is 23.7 Å². The smallest absolute Gasteiger partial charge is 0.407 e. The molecule has 0 saturated carbocycles. The first-order valence-corrected chi connectivity index (χ1v) is 12.2.